The molecule has 4 aromatic rings. The smallest absolute Gasteiger partial charge is 0.264 e. The number of amides is 1. The standard InChI is InChI=1S/C30H30N2O5S/c1-22-14-16-24(17-15-22)30(23-10-6-4-7-11-23)31-29(33)21-32(38(34,35)26-12-8-5-9-13-26)27-20-25(36-2)18-19-28(27)37-3/h4-20,30H,21H2,1-3H3,(H,31,33)/t30-/m1/s1. The highest BCUT2D eigenvalue weighted by Gasteiger charge is 2.31. The SMILES string of the molecule is COc1ccc(OC)c(N(CC(=O)N[C@H](c2ccccc2)c2ccc(C)cc2)S(=O)(=O)c2ccccc2)c1. The molecule has 0 bridgehead atoms. The quantitative estimate of drug-likeness (QED) is 0.308. The summed E-state index contributed by atoms with van der Waals surface area (Å²) in [7, 11) is -1.21. The molecule has 0 saturated heterocycles. The number of hydrogen-bond acceptors (Lipinski definition) is 5. The summed E-state index contributed by atoms with van der Waals surface area (Å²) in [5.74, 6) is 0.233. The molecule has 0 aromatic heterocycles. The van der Waals surface area contributed by atoms with E-state index in [0.717, 1.165) is 21.0 Å². The van der Waals surface area contributed by atoms with E-state index in [1.54, 1.807) is 36.4 Å². The van der Waals surface area contributed by atoms with Crippen molar-refractivity contribution in [3.05, 3.63) is 120 Å². The monoisotopic (exact) mass is 530 g/mol. The van der Waals surface area contributed by atoms with Gasteiger partial charge in [0.15, 0.2) is 0 Å². The van der Waals surface area contributed by atoms with E-state index in [4.69, 9.17) is 9.47 Å². The van der Waals surface area contributed by atoms with Crippen molar-refractivity contribution < 1.29 is 22.7 Å². The Balaban J connectivity index is 1.74. The zero-order valence-corrected chi connectivity index (χ0v) is 22.3. The van der Waals surface area contributed by atoms with Gasteiger partial charge in [-0.3, -0.25) is 9.10 Å². The van der Waals surface area contributed by atoms with Gasteiger partial charge in [0.1, 0.15) is 18.0 Å². The van der Waals surface area contributed by atoms with E-state index >= 15 is 0 Å². The van der Waals surface area contributed by atoms with E-state index in [1.807, 2.05) is 61.5 Å². The Morgan fingerprint density at radius 2 is 1.42 bits per heavy atom. The van der Waals surface area contributed by atoms with Crippen LogP contribution in [-0.4, -0.2) is 35.1 Å². The van der Waals surface area contributed by atoms with Gasteiger partial charge in [0.05, 0.1) is 30.8 Å². The fourth-order valence-corrected chi connectivity index (χ4v) is 5.56. The van der Waals surface area contributed by atoms with E-state index in [0.29, 0.717) is 5.75 Å². The molecule has 7 nitrogen and oxygen atoms in total. The lowest BCUT2D eigenvalue weighted by atomic mass is 9.98. The lowest BCUT2D eigenvalue weighted by Crippen LogP contribution is -2.42. The molecule has 0 saturated carbocycles. The molecule has 0 heterocycles. The molecule has 0 aliphatic heterocycles. The lowest BCUT2D eigenvalue weighted by molar-refractivity contribution is -0.120. The van der Waals surface area contributed by atoms with Gasteiger partial charge in [-0.2, -0.15) is 0 Å². The van der Waals surface area contributed by atoms with Gasteiger partial charge in [0.25, 0.3) is 10.0 Å². The van der Waals surface area contributed by atoms with Crippen LogP contribution < -0.4 is 19.1 Å². The van der Waals surface area contributed by atoms with Crippen LogP contribution in [0.15, 0.2) is 108 Å². The highest BCUT2D eigenvalue weighted by Crippen LogP contribution is 2.35. The normalized spacial score (nSPS) is 11.9. The van der Waals surface area contributed by atoms with Crippen molar-refractivity contribution in [3.8, 4) is 11.5 Å². The van der Waals surface area contributed by atoms with E-state index in [-0.39, 0.29) is 16.3 Å². The third kappa shape index (κ3) is 5.98. The minimum atomic E-state index is -4.14. The maximum absolute atomic E-state index is 13.8. The number of aryl methyl sites for hydroxylation is 1. The molecule has 0 unspecified atom stereocenters. The fraction of sp³-hybridized carbons (Fsp3) is 0.167. The second kappa shape index (κ2) is 11.8. The molecule has 4 rings (SSSR count). The van der Waals surface area contributed by atoms with Crippen LogP contribution in [0.4, 0.5) is 5.69 Å². The first-order valence-electron chi connectivity index (χ1n) is 12.0. The number of nitrogens with zero attached hydrogens (tertiary/aromatic N) is 1. The fourth-order valence-electron chi connectivity index (χ4n) is 4.11. The number of methoxy groups -OCH3 is 2. The summed E-state index contributed by atoms with van der Waals surface area (Å²) in [6.07, 6.45) is 0. The number of benzene rings is 4. The molecule has 0 aliphatic carbocycles. The van der Waals surface area contributed by atoms with Crippen molar-refractivity contribution in [2.75, 3.05) is 25.1 Å². The molecule has 1 amide bonds. The minimum Gasteiger partial charge on any atom is -0.497 e. The van der Waals surface area contributed by atoms with Crippen molar-refractivity contribution in [2.24, 2.45) is 0 Å². The Bertz CT molecular complexity index is 1470. The van der Waals surface area contributed by atoms with Gasteiger partial charge < -0.3 is 14.8 Å². The summed E-state index contributed by atoms with van der Waals surface area (Å²) in [5, 5.41) is 3.04. The summed E-state index contributed by atoms with van der Waals surface area (Å²) in [4.78, 5) is 13.6. The minimum absolute atomic E-state index is 0.0517. The van der Waals surface area contributed by atoms with Crippen LogP contribution in [0.25, 0.3) is 0 Å². The second-order valence-electron chi connectivity index (χ2n) is 8.68. The molecule has 0 radical (unpaired) electrons. The topological polar surface area (TPSA) is 84.9 Å². The van der Waals surface area contributed by atoms with E-state index in [1.165, 1.54) is 26.4 Å². The Morgan fingerprint density at radius 1 is 0.816 bits per heavy atom. The van der Waals surface area contributed by atoms with Crippen LogP contribution in [0.2, 0.25) is 0 Å². The first-order valence-corrected chi connectivity index (χ1v) is 13.5. The molecule has 0 spiro atoms. The molecule has 0 aliphatic rings. The number of sulfonamides is 1. The van der Waals surface area contributed by atoms with Crippen molar-refractivity contribution >= 4 is 21.6 Å². The van der Waals surface area contributed by atoms with Gasteiger partial charge in [0, 0.05) is 6.07 Å². The average Bonchev–Trinajstić information content (AvgIpc) is 2.95. The number of hydrogen-bond donors (Lipinski definition) is 1. The van der Waals surface area contributed by atoms with Gasteiger partial charge in [-0.05, 0) is 42.3 Å². The molecular weight excluding hydrogens is 500 g/mol. The van der Waals surface area contributed by atoms with E-state index in [9.17, 15) is 13.2 Å². The number of nitrogens with one attached hydrogen (secondary N) is 1. The second-order valence-corrected chi connectivity index (χ2v) is 10.5. The van der Waals surface area contributed by atoms with E-state index < -0.39 is 28.5 Å². The molecule has 8 heteroatoms. The first-order chi connectivity index (χ1) is 18.3. The molecule has 4 aromatic carbocycles. The van der Waals surface area contributed by atoms with E-state index in [2.05, 4.69) is 5.32 Å². The van der Waals surface area contributed by atoms with Crippen LogP contribution in [0.3, 0.4) is 0 Å². The molecule has 38 heavy (non-hydrogen) atoms. The molecule has 0 fully saturated rings. The van der Waals surface area contributed by atoms with Crippen molar-refractivity contribution in [2.45, 2.75) is 17.9 Å². The van der Waals surface area contributed by atoms with Gasteiger partial charge in [-0.1, -0.05) is 78.4 Å². The largest absolute Gasteiger partial charge is 0.497 e. The predicted molar refractivity (Wildman–Crippen MR) is 148 cm³/mol. The van der Waals surface area contributed by atoms with Crippen LogP contribution in [-0.2, 0) is 14.8 Å². The Morgan fingerprint density at radius 3 is 2.03 bits per heavy atom. The number of carbonyl (C=O) groups is 1. The van der Waals surface area contributed by atoms with Gasteiger partial charge in [0.2, 0.25) is 5.91 Å². The Kier molecular flexibility index (Phi) is 8.33. The Labute approximate surface area is 223 Å². The first kappa shape index (κ1) is 26.8. The van der Waals surface area contributed by atoms with Gasteiger partial charge in [-0.25, -0.2) is 8.42 Å². The summed E-state index contributed by atoms with van der Waals surface area (Å²) in [5.41, 5.74) is 3.04. The zero-order chi connectivity index (χ0) is 27.1. The summed E-state index contributed by atoms with van der Waals surface area (Å²) in [6.45, 7) is 1.52. The highest BCUT2D eigenvalue weighted by molar-refractivity contribution is 7.92. The average molecular weight is 531 g/mol. The van der Waals surface area contributed by atoms with Gasteiger partial charge >= 0.3 is 0 Å². The van der Waals surface area contributed by atoms with Crippen LogP contribution in [0.1, 0.15) is 22.7 Å². The van der Waals surface area contributed by atoms with Gasteiger partial charge in [-0.15, -0.1) is 0 Å². The summed E-state index contributed by atoms with van der Waals surface area (Å²) < 4.78 is 39.6. The summed E-state index contributed by atoms with van der Waals surface area (Å²) >= 11 is 0. The maximum Gasteiger partial charge on any atom is 0.264 e. The molecule has 1 N–H and O–H groups in total. The van der Waals surface area contributed by atoms with Crippen molar-refractivity contribution in [1.29, 1.82) is 0 Å². The zero-order valence-electron chi connectivity index (χ0n) is 21.5. The third-order valence-electron chi connectivity index (χ3n) is 6.12. The van der Waals surface area contributed by atoms with Crippen LogP contribution in [0, 0.1) is 6.92 Å². The maximum atomic E-state index is 13.8. The Hall–Kier alpha value is -4.30. The number of carbonyl (C=O) groups excluding carboxylic acids is 1. The molecule has 196 valence electrons. The predicted octanol–water partition coefficient (Wildman–Crippen LogP) is 5.11. The summed E-state index contributed by atoms with van der Waals surface area (Å²) in [6, 6.07) is 29.7. The third-order valence-corrected chi connectivity index (χ3v) is 7.90. The number of ether oxygens (including phenoxy) is 2. The highest BCUT2D eigenvalue weighted by atomic mass is 32.2. The molecule has 1 atom stereocenters. The number of anilines is 1. The van der Waals surface area contributed by atoms with Crippen LogP contribution in [0.5, 0.6) is 11.5 Å². The molecular formula is C30H30N2O5S. The van der Waals surface area contributed by atoms with Crippen molar-refractivity contribution in [1.82, 2.24) is 5.32 Å². The van der Waals surface area contributed by atoms with Crippen LogP contribution >= 0.6 is 0 Å². The lowest BCUT2D eigenvalue weighted by Gasteiger charge is -2.27. The number of rotatable bonds is 10. The van der Waals surface area contributed by atoms with Crippen molar-refractivity contribution in [3.63, 3.8) is 0 Å².